The molecule has 0 aliphatic carbocycles. The van der Waals surface area contributed by atoms with Crippen molar-refractivity contribution >= 4 is 11.7 Å². The summed E-state index contributed by atoms with van der Waals surface area (Å²) in [5.74, 6) is 0.850. The van der Waals surface area contributed by atoms with Gasteiger partial charge in [0.25, 0.3) is 0 Å². The number of aromatic nitrogens is 2. The Balaban J connectivity index is 2.24. The molecule has 1 aliphatic heterocycles. The second-order valence-corrected chi connectivity index (χ2v) is 3.93. The average molecular weight is 221 g/mol. The fourth-order valence-electron chi connectivity index (χ4n) is 1.93. The summed E-state index contributed by atoms with van der Waals surface area (Å²) >= 11 is 0. The molecule has 1 atom stereocenters. The van der Waals surface area contributed by atoms with Crippen molar-refractivity contribution in [2.24, 2.45) is 11.7 Å². The molecular weight excluding hydrogens is 206 g/mol. The van der Waals surface area contributed by atoms with E-state index in [1.165, 1.54) is 6.20 Å². The Hall–Kier alpha value is -1.69. The highest BCUT2D eigenvalue weighted by atomic mass is 16.3. The van der Waals surface area contributed by atoms with E-state index in [0.29, 0.717) is 11.5 Å². The van der Waals surface area contributed by atoms with Gasteiger partial charge in [0.2, 0.25) is 0 Å². The normalized spacial score (nSPS) is 20.1. The summed E-state index contributed by atoms with van der Waals surface area (Å²) in [6.07, 6.45) is 4.05. The van der Waals surface area contributed by atoms with Crippen LogP contribution in [0.5, 0.6) is 0 Å². The van der Waals surface area contributed by atoms with Gasteiger partial charge >= 0.3 is 0 Å². The molecule has 1 aromatic heterocycles. The minimum Gasteiger partial charge on any atom is -0.396 e. The minimum absolute atomic E-state index is 0.0736. The zero-order valence-corrected chi connectivity index (χ0v) is 8.93. The quantitative estimate of drug-likeness (QED) is 0.475. The summed E-state index contributed by atoms with van der Waals surface area (Å²) < 4.78 is 0. The van der Waals surface area contributed by atoms with Gasteiger partial charge in [0.1, 0.15) is 11.5 Å². The molecule has 0 saturated carbocycles. The summed E-state index contributed by atoms with van der Waals surface area (Å²) in [5, 5.41) is 16.5. The van der Waals surface area contributed by atoms with Crippen molar-refractivity contribution in [2.75, 3.05) is 24.6 Å². The molecular formula is C10H15N5O. The second-order valence-electron chi connectivity index (χ2n) is 3.93. The Morgan fingerprint density at radius 1 is 1.56 bits per heavy atom. The first kappa shape index (κ1) is 10.8. The van der Waals surface area contributed by atoms with Crippen LogP contribution in [0.4, 0.5) is 5.82 Å². The number of nitrogens with two attached hydrogens (primary N) is 1. The number of amidine groups is 1. The zero-order chi connectivity index (χ0) is 11.5. The first-order chi connectivity index (χ1) is 7.72. The maximum Gasteiger partial charge on any atom is 0.158 e. The summed E-state index contributed by atoms with van der Waals surface area (Å²) in [6, 6.07) is 0. The van der Waals surface area contributed by atoms with E-state index in [4.69, 9.17) is 16.2 Å². The molecule has 2 heterocycles. The highest BCUT2D eigenvalue weighted by Gasteiger charge is 2.25. The van der Waals surface area contributed by atoms with Gasteiger partial charge in [-0.15, -0.1) is 0 Å². The van der Waals surface area contributed by atoms with Crippen LogP contribution >= 0.6 is 0 Å². The van der Waals surface area contributed by atoms with Crippen LogP contribution in [0, 0.1) is 11.3 Å². The van der Waals surface area contributed by atoms with E-state index in [2.05, 4.69) is 9.97 Å². The van der Waals surface area contributed by atoms with Crippen molar-refractivity contribution in [1.82, 2.24) is 9.97 Å². The van der Waals surface area contributed by atoms with Gasteiger partial charge in [-0.3, -0.25) is 5.41 Å². The number of nitrogens with zero attached hydrogens (tertiary/aromatic N) is 3. The van der Waals surface area contributed by atoms with E-state index in [1.807, 2.05) is 4.90 Å². The average Bonchev–Trinajstić information content (AvgIpc) is 2.77. The smallest absolute Gasteiger partial charge is 0.158 e. The Morgan fingerprint density at radius 3 is 2.94 bits per heavy atom. The largest absolute Gasteiger partial charge is 0.396 e. The van der Waals surface area contributed by atoms with Crippen LogP contribution in [-0.2, 0) is 0 Å². The fraction of sp³-hybridized carbons (Fsp3) is 0.500. The van der Waals surface area contributed by atoms with Gasteiger partial charge in [0.15, 0.2) is 5.82 Å². The monoisotopic (exact) mass is 221 g/mol. The highest BCUT2D eigenvalue weighted by molar-refractivity contribution is 5.97. The van der Waals surface area contributed by atoms with Crippen LogP contribution in [0.2, 0.25) is 0 Å². The van der Waals surface area contributed by atoms with Crippen molar-refractivity contribution in [3.05, 3.63) is 18.1 Å². The lowest BCUT2D eigenvalue weighted by molar-refractivity contribution is 0.238. The third-order valence-corrected chi connectivity index (χ3v) is 2.78. The van der Waals surface area contributed by atoms with Crippen LogP contribution < -0.4 is 10.6 Å². The molecule has 0 radical (unpaired) electrons. The standard InChI is InChI=1S/C10H15N5O/c11-9(12)8-10(14-3-2-13-8)15-4-1-7(5-15)6-16/h2-3,7,16H,1,4-6H2,(H3,11,12). The molecule has 6 nitrogen and oxygen atoms in total. The molecule has 1 saturated heterocycles. The van der Waals surface area contributed by atoms with Gasteiger partial charge in [-0.05, 0) is 6.42 Å². The second kappa shape index (κ2) is 4.44. The number of aliphatic hydroxyl groups excluding tert-OH is 1. The van der Waals surface area contributed by atoms with Crippen molar-refractivity contribution in [1.29, 1.82) is 5.41 Å². The SMILES string of the molecule is N=C(N)c1nccnc1N1CCC(CO)C1. The maximum atomic E-state index is 9.08. The number of nitrogen functional groups attached to an aromatic ring is 1. The van der Waals surface area contributed by atoms with E-state index in [1.54, 1.807) is 6.20 Å². The minimum atomic E-state index is -0.0736. The zero-order valence-electron chi connectivity index (χ0n) is 8.93. The number of anilines is 1. The van der Waals surface area contributed by atoms with Gasteiger partial charge in [-0.25, -0.2) is 9.97 Å². The summed E-state index contributed by atoms with van der Waals surface area (Å²) in [6.45, 7) is 1.76. The molecule has 2 rings (SSSR count). The molecule has 6 heteroatoms. The maximum absolute atomic E-state index is 9.08. The molecule has 1 aromatic rings. The third-order valence-electron chi connectivity index (χ3n) is 2.78. The summed E-state index contributed by atoms with van der Waals surface area (Å²) in [4.78, 5) is 10.3. The number of hydrogen-bond donors (Lipinski definition) is 3. The number of aliphatic hydroxyl groups is 1. The van der Waals surface area contributed by atoms with Crippen LogP contribution in [0.1, 0.15) is 12.1 Å². The van der Waals surface area contributed by atoms with E-state index in [-0.39, 0.29) is 18.4 Å². The predicted octanol–water partition coefficient (Wildman–Crippen LogP) is -0.421. The van der Waals surface area contributed by atoms with Crippen molar-refractivity contribution in [3.63, 3.8) is 0 Å². The van der Waals surface area contributed by atoms with Crippen LogP contribution in [0.15, 0.2) is 12.4 Å². The third kappa shape index (κ3) is 1.96. The fourth-order valence-corrected chi connectivity index (χ4v) is 1.93. The van der Waals surface area contributed by atoms with E-state index < -0.39 is 0 Å². The van der Waals surface area contributed by atoms with Crippen molar-refractivity contribution in [2.45, 2.75) is 6.42 Å². The molecule has 0 aromatic carbocycles. The Morgan fingerprint density at radius 2 is 2.31 bits per heavy atom. The molecule has 0 spiro atoms. The number of rotatable bonds is 3. The molecule has 1 aliphatic rings. The molecule has 4 N–H and O–H groups in total. The Bertz CT molecular complexity index is 395. The highest BCUT2D eigenvalue weighted by Crippen LogP contribution is 2.23. The van der Waals surface area contributed by atoms with Crippen LogP contribution in [0.25, 0.3) is 0 Å². The molecule has 1 fully saturated rings. The van der Waals surface area contributed by atoms with E-state index in [0.717, 1.165) is 19.5 Å². The van der Waals surface area contributed by atoms with Gasteiger partial charge < -0.3 is 15.7 Å². The lowest BCUT2D eigenvalue weighted by Crippen LogP contribution is -2.26. The molecule has 0 amide bonds. The van der Waals surface area contributed by atoms with E-state index >= 15 is 0 Å². The van der Waals surface area contributed by atoms with Crippen molar-refractivity contribution in [3.8, 4) is 0 Å². The molecule has 0 bridgehead atoms. The van der Waals surface area contributed by atoms with Gasteiger partial charge in [-0.1, -0.05) is 0 Å². The number of nitrogens with one attached hydrogen (secondary N) is 1. The first-order valence-electron chi connectivity index (χ1n) is 5.23. The number of hydrogen-bond acceptors (Lipinski definition) is 5. The Labute approximate surface area is 93.6 Å². The van der Waals surface area contributed by atoms with Gasteiger partial charge in [0.05, 0.1) is 0 Å². The first-order valence-corrected chi connectivity index (χ1v) is 5.23. The van der Waals surface area contributed by atoms with Crippen LogP contribution in [0.3, 0.4) is 0 Å². The van der Waals surface area contributed by atoms with Gasteiger partial charge in [0, 0.05) is 38.0 Å². The summed E-state index contributed by atoms with van der Waals surface area (Å²) in [5.41, 5.74) is 5.87. The lowest BCUT2D eigenvalue weighted by Gasteiger charge is -2.18. The van der Waals surface area contributed by atoms with Crippen LogP contribution in [-0.4, -0.2) is 40.6 Å². The molecule has 16 heavy (non-hydrogen) atoms. The predicted molar refractivity (Wildman–Crippen MR) is 60.5 cm³/mol. The topological polar surface area (TPSA) is 99.1 Å². The van der Waals surface area contributed by atoms with E-state index in [9.17, 15) is 0 Å². The lowest BCUT2D eigenvalue weighted by atomic mass is 10.1. The Kier molecular flexibility index (Phi) is 3.00. The summed E-state index contributed by atoms with van der Waals surface area (Å²) in [7, 11) is 0. The molecule has 86 valence electrons. The molecule has 1 unspecified atom stereocenters. The van der Waals surface area contributed by atoms with Gasteiger partial charge in [-0.2, -0.15) is 0 Å². The van der Waals surface area contributed by atoms with Crippen molar-refractivity contribution < 1.29 is 5.11 Å².